The number of ether oxygens (including phenoxy) is 1. The second kappa shape index (κ2) is 9.82. The molecule has 2 aromatic carbocycles. The predicted octanol–water partition coefficient (Wildman–Crippen LogP) is 4.00. The van der Waals surface area contributed by atoms with Gasteiger partial charge in [0.25, 0.3) is 11.5 Å². The lowest BCUT2D eigenvalue weighted by Gasteiger charge is -2.15. The number of aryl methyl sites for hydroxylation is 1. The molecule has 0 unspecified atom stereocenters. The molecule has 0 saturated heterocycles. The van der Waals surface area contributed by atoms with E-state index in [0.717, 1.165) is 16.0 Å². The van der Waals surface area contributed by atoms with Gasteiger partial charge in [-0.15, -0.1) is 16.9 Å². The molecule has 0 aliphatic carbocycles. The summed E-state index contributed by atoms with van der Waals surface area (Å²) in [7, 11) is 0. The second-order valence-electron chi connectivity index (χ2n) is 6.68. The van der Waals surface area contributed by atoms with Crippen LogP contribution in [-0.2, 0) is 11.3 Å². The van der Waals surface area contributed by atoms with Crippen LogP contribution < -0.4 is 15.6 Å². The fourth-order valence-corrected chi connectivity index (χ4v) is 3.33. The van der Waals surface area contributed by atoms with Crippen LogP contribution in [0.15, 0.2) is 64.3 Å². The van der Waals surface area contributed by atoms with Crippen LogP contribution in [0.3, 0.4) is 0 Å². The average molecular weight is 444 g/mol. The minimum atomic E-state index is -0.783. The maximum atomic E-state index is 12.4. The quantitative estimate of drug-likeness (QED) is 0.559. The van der Waals surface area contributed by atoms with Crippen molar-refractivity contribution in [1.82, 2.24) is 15.1 Å². The fraction of sp³-hybridized carbons (Fsp3) is 0.227. The summed E-state index contributed by atoms with van der Waals surface area (Å²) in [6.07, 6.45) is 1.23. The molecule has 0 saturated carbocycles. The van der Waals surface area contributed by atoms with Gasteiger partial charge in [-0.1, -0.05) is 29.8 Å². The first-order valence-electron chi connectivity index (χ1n) is 9.31. The Morgan fingerprint density at radius 3 is 2.63 bits per heavy atom. The van der Waals surface area contributed by atoms with E-state index in [-0.39, 0.29) is 17.3 Å². The Morgan fingerprint density at radius 2 is 1.93 bits per heavy atom. The Bertz CT molecular complexity index is 1100. The van der Waals surface area contributed by atoms with Crippen molar-refractivity contribution in [3.8, 4) is 11.6 Å². The zero-order valence-electron chi connectivity index (χ0n) is 16.9. The lowest BCUT2D eigenvalue weighted by atomic mass is 10.2. The maximum absolute atomic E-state index is 12.4. The normalized spacial score (nSPS) is 11.7. The number of thioether (sulfide) groups is 1. The van der Waals surface area contributed by atoms with Crippen molar-refractivity contribution in [2.75, 3.05) is 6.26 Å². The number of hydrogen-bond acceptors (Lipinski definition) is 5. The van der Waals surface area contributed by atoms with E-state index in [1.54, 1.807) is 36.9 Å². The van der Waals surface area contributed by atoms with E-state index in [2.05, 4.69) is 10.4 Å². The van der Waals surface area contributed by atoms with Gasteiger partial charge in [0, 0.05) is 28.6 Å². The van der Waals surface area contributed by atoms with Gasteiger partial charge in [0.1, 0.15) is 0 Å². The fourth-order valence-electron chi connectivity index (χ4n) is 2.75. The smallest absolute Gasteiger partial charge is 0.271 e. The first-order valence-corrected chi connectivity index (χ1v) is 10.9. The van der Waals surface area contributed by atoms with Crippen molar-refractivity contribution in [2.45, 2.75) is 31.4 Å². The van der Waals surface area contributed by atoms with Gasteiger partial charge in [0.2, 0.25) is 5.88 Å². The molecule has 8 heteroatoms. The molecular weight excluding hydrogens is 422 g/mol. The van der Waals surface area contributed by atoms with Crippen LogP contribution in [0.5, 0.6) is 5.88 Å². The highest BCUT2D eigenvalue weighted by atomic mass is 35.5. The van der Waals surface area contributed by atoms with Crippen LogP contribution in [0.4, 0.5) is 0 Å². The van der Waals surface area contributed by atoms with Crippen molar-refractivity contribution >= 4 is 29.3 Å². The minimum absolute atomic E-state index is 0.168. The standard InChI is InChI=1S/C22H22ClN3O3S/c1-14-4-7-17(23)12-19(14)26-21(27)11-10-20(25-26)29-15(2)22(28)24-13-16-5-8-18(30-3)9-6-16/h4-12,15H,13H2,1-3H3,(H,24,28)/t15-/m1/s1. The van der Waals surface area contributed by atoms with Crippen molar-refractivity contribution < 1.29 is 9.53 Å². The highest BCUT2D eigenvalue weighted by Gasteiger charge is 2.16. The molecule has 1 amide bonds. The number of carbonyl (C=O) groups excluding carboxylic acids is 1. The highest BCUT2D eigenvalue weighted by molar-refractivity contribution is 7.98. The number of amides is 1. The van der Waals surface area contributed by atoms with E-state index in [0.29, 0.717) is 17.3 Å². The van der Waals surface area contributed by atoms with Crippen molar-refractivity contribution in [1.29, 1.82) is 0 Å². The Kier molecular flexibility index (Phi) is 7.18. The zero-order valence-corrected chi connectivity index (χ0v) is 18.5. The molecule has 0 spiro atoms. The topological polar surface area (TPSA) is 73.2 Å². The van der Waals surface area contributed by atoms with Gasteiger partial charge in [-0.05, 0) is 55.5 Å². The SMILES string of the molecule is CSc1ccc(CNC(=O)[C@@H](C)Oc2ccc(=O)n(-c3cc(Cl)ccc3C)n2)cc1. The third-order valence-electron chi connectivity index (χ3n) is 4.47. The molecule has 30 heavy (non-hydrogen) atoms. The summed E-state index contributed by atoms with van der Waals surface area (Å²) in [4.78, 5) is 25.9. The molecule has 3 aromatic rings. The summed E-state index contributed by atoms with van der Waals surface area (Å²) in [6, 6.07) is 16.0. The third-order valence-corrected chi connectivity index (χ3v) is 5.45. The summed E-state index contributed by atoms with van der Waals surface area (Å²) in [5.41, 5.74) is 2.07. The lowest BCUT2D eigenvalue weighted by Crippen LogP contribution is -2.36. The summed E-state index contributed by atoms with van der Waals surface area (Å²) < 4.78 is 6.89. The number of rotatable bonds is 7. The number of carbonyl (C=O) groups is 1. The zero-order chi connectivity index (χ0) is 21.7. The second-order valence-corrected chi connectivity index (χ2v) is 7.99. The van der Waals surface area contributed by atoms with Gasteiger partial charge >= 0.3 is 0 Å². The molecule has 1 aromatic heterocycles. The van der Waals surface area contributed by atoms with Crippen LogP contribution in [0, 0.1) is 6.92 Å². The van der Waals surface area contributed by atoms with E-state index >= 15 is 0 Å². The van der Waals surface area contributed by atoms with Gasteiger partial charge in [0.15, 0.2) is 6.10 Å². The minimum Gasteiger partial charge on any atom is -0.464 e. The molecule has 1 heterocycles. The molecule has 3 rings (SSSR count). The van der Waals surface area contributed by atoms with Gasteiger partial charge in [0.05, 0.1) is 5.69 Å². The highest BCUT2D eigenvalue weighted by Crippen LogP contribution is 2.19. The van der Waals surface area contributed by atoms with Gasteiger partial charge in [-0.2, -0.15) is 4.68 Å². The number of benzene rings is 2. The number of halogens is 1. The lowest BCUT2D eigenvalue weighted by molar-refractivity contribution is -0.127. The number of nitrogens with one attached hydrogen (secondary N) is 1. The molecular formula is C22H22ClN3O3S. The molecule has 0 aliphatic rings. The number of nitrogens with zero attached hydrogens (tertiary/aromatic N) is 2. The van der Waals surface area contributed by atoms with E-state index in [1.165, 1.54) is 16.8 Å². The van der Waals surface area contributed by atoms with E-state index in [4.69, 9.17) is 16.3 Å². The van der Waals surface area contributed by atoms with Crippen LogP contribution in [0.2, 0.25) is 5.02 Å². The van der Waals surface area contributed by atoms with Gasteiger partial charge < -0.3 is 10.1 Å². The van der Waals surface area contributed by atoms with Crippen LogP contribution in [0.25, 0.3) is 5.69 Å². The van der Waals surface area contributed by atoms with Crippen molar-refractivity contribution in [2.24, 2.45) is 0 Å². The van der Waals surface area contributed by atoms with E-state index < -0.39 is 6.10 Å². The van der Waals surface area contributed by atoms with Crippen LogP contribution in [0.1, 0.15) is 18.1 Å². The predicted molar refractivity (Wildman–Crippen MR) is 120 cm³/mol. The van der Waals surface area contributed by atoms with E-state index in [1.807, 2.05) is 37.4 Å². The Hall–Kier alpha value is -2.77. The Morgan fingerprint density at radius 1 is 1.20 bits per heavy atom. The first-order chi connectivity index (χ1) is 14.4. The first kappa shape index (κ1) is 21.9. The number of aromatic nitrogens is 2. The van der Waals surface area contributed by atoms with Crippen molar-refractivity contribution in [3.63, 3.8) is 0 Å². The molecule has 0 radical (unpaired) electrons. The summed E-state index contributed by atoms with van der Waals surface area (Å²) >= 11 is 7.72. The van der Waals surface area contributed by atoms with Crippen LogP contribution in [-0.4, -0.2) is 28.0 Å². The van der Waals surface area contributed by atoms with Crippen LogP contribution >= 0.6 is 23.4 Å². The van der Waals surface area contributed by atoms with Crippen molar-refractivity contribution in [3.05, 3.63) is 81.1 Å². The summed E-state index contributed by atoms with van der Waals surface area (Å²) in [6.45, 7) is 3.89. The molecule has 156 valence electrons. The molecule has 0 aliphatic heterocycles. The van der Waals surface area contributed by atoms with Gasteiger partial charge in [-0.25, -0.2) is 0 Å². The van der Waals surface area contributed by atoms with Gasteiger partial charge in [-0.3, -0.25) is 9.59 Å². The molecule has 1 N–H and O–H groups in total. The summed E-state index contributed by atoms with van der Waals surface area (Å²) in [5, 5.41) is 7.59. The van der Waals surface area contributed by atoms with E-state index in [9.17, 15) is 9.59 Å². The number of hydrogen-bond donors (Lipinski definition) is 1. The molecule has 1 atom stereocenters. The third kappa shape index (κ3) is 5.43. The molecule has 6 nitrogen and oxygen atoms in total. The summed E-state index contributed by atoms with van der Waals surface area (Å²) in [5.74, 6) is -0.108. The average Bonchev–Trinajstić information content (AvgIpc) is 2.75. The molecule has 0 bridgehead atoms. The monoisotopic (exact) mass is 443 g/mol. The largest absolute Gasteiger partial charge is 0.464 e. The maximum Gasteiger partial charge on any atom is 0.271 e. The Labute approximate surface area is 184 Å². The molecule has 0 fully saturated rings. The Balaban J connectivity index is 1.68.